The van der Waals surface area contributed by atoms with Crippen LogP contribution < -0.4 is 10.2 Å². The lowest BCUT2D eigenvalue weighted by Gasteiger charge is -2.09. The Bertz CT molecular complexity index is 213. The van der Waals surface area contributed by atoms with Crippen LogP contribution in [0.4, 0.5) is 5.69 Å². The van der Waals surface area contributed by atoms with Gasteiger partial charge in [-0.1, -0.05) is 12.1 Å². The summed E-state index contributed by atoms with van der Waals surface area (Å²) in [4.78, 5) is 4.78. The number of anilines is 1. The molecule has 12 heavy (non-hydrogen) atoms. The highest BCUT2D eigenvalue weighted by Crippen LogP contribution is 2.23. The Morgan fingerprint density at radius 3 is 2.75 bits per heavy atom. The van der Waals surface area contributed by atoms with E-state index in [9.17, 15) is 0 Å². The smallest absolute Gasteiger partial charge is 0.144 e. The van der Waals surface area contributed by atoms with E-state index < -0.39 is 0 Å². The maximum atomic E-state index is 5.35. The van der Waals surface area contributed by atoms with Crippen LogP contribution in [0.5, 0.6) is 5.75 Å². The molecule has 0 saturated heterocycles. The van der Waals surface area contributed by atoms with Crippen LogP contribution in [0.25, 0.3) is 0 Å². The Morgan fingerprint density at radius 1 is 1.33 bits per heavy atom. The van der Waals surface area contributed by atoms with Crippen molar-refractivity contribution in [3.63, 3.8) is 0 Å². The zero-order chi connectivity index (χ0) is 8.81. The van der Waals surface area contributed by atoms with Crippen molar-refractivity contribution in [3.8, 4) is 5.75 Å². The van der Waals surface area contributed by atoms with Crippen molar-refractivity contribution in [2.75, 3.05) is 19.2 Å². The maximum Gasteiger partial charge on any atom is 0.144 e. The molecule has 1 N–H and O–H groups in total. The summed E-state index contributed by atoms with van der Waals surface area (Å²) in [5, 5.41) is 0. The number of nitrogens with one attached hydrogen (secondary N) is 1. The number of rotatable bonds is 4. The van der Waals surface area contributed by atoms with Crippen molar-refractivity contribution in [1.82, 2.24) is 0 Å². The second-order valence-electron chi connectivity index (χ2n) is 2.24. The van der Waals surface area contributed by atoms with Gasteiger partial charge in [0.05, 0.1) is 13.7 Å². The van der Waals surface area contributed by atoms with E-state index in [1.807, 2.05) is 31.2 Å². The lowest BCUT2D eigenvalue weighted by molar-refractivity contribution is 0.265. The van der Waals surface area contributed by atoms with Gasteiger partial charge < -0.3 is 4.74 Å². The van der Waals surface area contributed by atoms with E-state index >= 15 is 0 Å². The first-order valence-electron chi connectivity index (χ1n) is 3.89. The highest BCUT2D eigenvalue weighted by molar-refractivity contribution is 5.54. The maximum absolute atomic E-state index is 5.35. The molecular formula is C9H13NO2. The molecule has 0 aliphatic rings. The van der Waals surface area contributed by atoms with Gasteiger partial charge in [-0.15, -0.1) is 0 Å². The fourth-order valence-corrected chi connectivity index (χ4v) is 0.942. The van der Waals surface area contributed by atoms with Gasteiger partial charge in [0.2, 0.25) is 0 Å². The highest BCUT2D eigenvalue weighted by atomic mass is 16.6. The summed E-state index contributed by atoms with van der Waals surface area (Å²) < 4.78 is 5.35. The summed E-state index contributed by atoms with van der Waals surface area (Å²) in [5.41, 5.74) is 3.58. The molecule has 1 rings (SSSR count). The number of para-hydroxylation sites is 2. The second-order valence-corrected chi connectivity index (χ2v) is 2.24. The summed E-state index contributed by atoms with van der Waals surface area (Å²) in [6.07, 6.45) is 0. The summed E-state index contributed by atoms with van der Waals surface area (Å²) in [6.45, 7) is 2.60. The molecule has 0 saturated carbocycles. The van der Waals surface area contributed by atoms with Crippen LogP contribution in [0.3, 0.4) is 0 Å². The fraction of sp³-hybridized carbons (Fsp3) is 0.333. The summed E-state index contributed by atoms with van der Waals surface area (Å²) in [7, 11) is 1.57. The van der Waals surface area contributed by atoms with Gasteiger partial charge in [-0.3, -0.25) is 10.3 Å². The molecule has 3 heteroatoms. The van der Waals surface area contributed by atoms with Crippen LogP contribution >= 0.6 is 0 Å². The Kier molecular flexibility index (Phi) is 3.41. The van der Waals surface area contributed by atoms with Crippen molar-refractivity contribution in [3.05, 3.63) is 24.3 Å². The quantitative estimate of drug-likeness (QED) is 0.696. The molecular weight excluding hydrogens is 154 g/mol. The topological polar surface area (TPSA) is 30.5 Å². The lowest BCUT2D eigenvalue weighted by Crippen LogP contribution is -2.00. The molecule has 66 valence electrons. The van der Waals surface area contributed by atoms with Crippen LogP contribution in [0.1, 0.15) is 6.92 Å². The van der Waals surface area contributed by atoms with Crippen molar-refractivity contribution in [1.29, 1.82) is 0 Å². The molecule has 0 radical (unpaired) electrons. The second kappa shape index (κ2) is 4.62. The molecule has 0 heterocycles. The van der Waals surface area contributed by atoms with Gasteiger partial charge in [-0.2, -0.15) is 0 Å². The third-order valence-corrected chi connectivity index (χ3v) is 1.40. The van der Waals surface area contributed by atoms with E-state index in [-0.39, 0.29) is 0 Å². The predicted octanol–water partition coefficient (Wildman–Crippen LogP) is 2.06. The number of hydrogen-bond acceptors (Lipinski definition) is 3. The molecule has 1 aromatic carbocycles. The van der Waals surface area contributed by atoms with E-state index in [0.29, 0.717) is 6.61 Å². The molecule has 0 unspecified atom stereocenters. The predicted molar refractivity (Wildman–Crippen MR) is 48.2 cm³/mol. The van der Waals surface area contributed by atoms with Gasteiger partial charge in [-0.05, 0) is 19.1 Å². The van der Waals surface area contributed by atoms with Gasteiger partial charge in [0.1, 0.15) is 11.4 Å². The van der Waals surface area contributed by atoms with Gasteiger partial charge >= 0.3 is 0 Å². The number of benzene rings is 1. The molecule has 0 atom stereocenters. The minimum absolute atomic E-state index is 0.655. The normalized spacial score (nSPS) is 9.50. The molecule has 0 amide bonds. The molecule has 0 aliphatic carbocycles. The minimum Gasteiger partial charge on any atom is -0.492 e. The monoisotopic (exact) mass is 167 g/mol. The van der Waals surface area contributed by atoms with E-state index in [0.717, 1.165) is 11.4 Å². The molecule has 0 aromatic heterocycles. The van der Waals surface area contributed by atoms with Crippen molar-refractivity contribution in [2.45, 2.75) is 6.92 Å². The molecule has 0 aliphatic heterocycles. The van der Waals surface area contributed by atoms with Crippen LogP contribution in [-0.4, -0.2) is 13.7 Å². The zero-order valence-corrected chi connectivity index (χ0v) is 7.33. The average molecular weight is 167 g/mol. The Morgan fingerprint density at radius 2 is 2.08 bits per heavy atom. The standard InChI is InChI=1S/C9H13NO2/c1-3-12-9-7-5-4-6-8(9)10-11-2/h4-7,10H,3H2,1-2H3. The average Bonchev–Trinajstić information content (AvgIpc) is 2.09. The molecule has 1 aromatic rings. The van der Waals surface area contributed by atoms with Crippen LogP contribution in [0, 0.1) is 0 Å². The summed E-state index contributed by atoms with van der Waals surface area (Å²) in [5.74, 6) is 0.807. The van der Waals surface area contributed by atoms with Gasteiger partial charge in [0.25, 0.3) is 0 Å². The molecule has 3 nitrogen and oxygen atoms in total. The van der Waals surface area contributed by atoms with Gasteiger partial charge in [0, 0.05) is 0 Å². The Balaban J connectivity index is 2.77. The summed E-state index contributed by atoms with van der Waals surface area (Å²) >= 11 is 0. The SMILES string of the molecule is CCOc1ccccc1NOC. The van der Waals surface area contributed by atoms with Crippen LogP contribution in [0.2, 0.25) is 0 Å². The molecule has 0 bridgehead atoms. The van der Waals surface area contributed by atoms with E-state index in [1.165, 1.54) is 0 Å². The van der Waals surface area contributed by atoms with Crippen LogP contribution in [0.15, 0.2) is 24.3 Å². The number of hydrogen-bond donors (Lipinski definition) is 1. The minimum atomic E-state index is 0.655. The van der Waals surface area contributed by atoms with Crippen molar-refractivity contribution < 1.29 is 9.57 Å². The first-order valence-corrected chi connectivity index (χ1v) is 3.89. The summed E-state index contributed by atoms with van der Waals surface area (Å²) in [6, 6.07) is 7.63. The van der Waals surface area contributed by atoms with Crippen molar-refractivity contribution in [2.24, 2.45) is 0 Å². The first kappa shape index (κ1) is 8.87. The third-order valence-electron chi connectivity index (χ3n) is 1.40. The van der Waals surface area contributed by atoms with Crippen molar-refractivity contribution >= 4 is 5.69 Å². The van der Waals surface area contributed by atoms with E-state index in [1.54, 1.807) is 7.11 Å². The number of ether oxygens (including phenoxy) is 1. The van der Waals surface area contributed by atoms with Gasteiger partial charge in [0.15, 0.2) is 0 Å². The molecule has 0 fully saturated rings. The largest absolute Gasteiger partial charge is 0.492 e. The zero-order valence-electron chi connectivity index (χ0n) is 7.33. The van der Waals surface area contributed by atoms with Gasteiger partial charge in [-0.25, -0.2) is 0 Å². The molecule has 0 spiro atoms. The van der Waals surface area contributed by atoms with E-state index in [2.05, 4.69) is 5.48 Å². The Labute approximate surface area is 72.3 Å². The fourth-order valence-electron chi connectivity index (χ4n) is 0.942. The highest BCUT2D eigenvalue weighted by Gasteiger charge is 1.99. The Hall–Kier alpha value is -1.22. The first-order chi connectivity index (χ1) is 5.88. The van der Waals surface area contributed by atoms with E-state index in [4.69, 9.17) is 9.57 Å². The van der Waals surface area contributed by atoms with Crippen LogP contribution in [-0.2, 0) is 4.84 Å². The third kappa shape index (κ3) is 2.13. The lowest BCUT2D eigenvalue weighted by atomic mass is 10.3.